The monoisotopic (exact) mass is 484 g/mol. The first-order valence-corrected chi connectivity index (χ1v) is 11.8. The fraction of sp³-hybridized carbons (Fsp3) is 0.185. The lowest BCUT2D eigenvalue weighted by Crippen LogP contribution is -2.48. The molecule has 0 bridgehead atoms. The number of carbonyl (C=O) groups is 2. The zero-order valence-electron chi connectivity index (χ0n) is 18.8. The van der Waals surface area contributed by atoms with Crippen LogP contribution in [-0.4, -0.2) is 57.8 Å². The zero-order valence-corrected chi connectivity index (χ0v) is 19.5. The molecule has 1 amide bonds. The Kier molecular flexibility index (Phi) is 5.43. The largest absolute Gasteiger partial charge is 0.338 e. The molecular weight excluding hydrogens is 464 g/mol. The van der Waals surface area contributed by atoms with Crippen molar-refractivity contribution in [2.45, 2.75) is 6.54 Å². The minimum Gasteiger partial charge on any atom is -0.338 e. The molecule has 1 fully saturated rings. The molecule has 35 heavy (non-hydrogen) atoms. The van der Waals surface area contributed by atoms with Crippen LogP contribution in [0.1, 0.15) is 32.2 Å². The highest BCUT2D eigenvalue weighted by Gasteiger charge is 2.29. The fourth-order valence-corrected chi connectivity index (χ4v) is 4.81. The van der Waals surface area contributed by atoms with Gasteiger partial charge in [-0.3, -0.25) is 14.5 Å². The maximum Gasteiger partial charge on any atom is 0.253 e. The van der Waals surface area contributed by atoms with Crippen molar-refractivity contribution < 1.29 is 14.1 Å². The molecule has 7 nitrogen and oxygen atoms in total. The first kappa shape index (κ1) is 21.7. The number of carbonyl (C=O) groups excluding carboxylic acids is 2. The van der Waals surface area contributed by atoms with Crippen LogP contribution in [0.3, 0.4) is 0 Å². The number of amides is 1. The van der Waals surface area contributed by atoms with Gasteiger partial charge in [0.25, 0.3) is 5.91 Å². The van der Waals surface area contributed by atoms with Crippen molar-refractivity contribution in [3.8, 4) is 22.5 Å². The van der Waals surface area contributed by atoms with Gasteiger partial charge in [0.05, 0.1) is 6.54 Å². The van der Waals surface area contributed by atoms with Crippen molar-refractivity contribution in [2.75, 3.05) is 26.2 Å². The van der Waals surface area contributed by atoms with E-state index in [0.29, 0.717) is 66.2 Å². The second-order valence-corrected chi connectivity index (χ2v) is 9.16. The predicted molar refractivity (Wildman–Crippen MR) is 131 cm³/mol. The number of hydrogen-bond acceptors (Lipinski definition) is 6. The molecule has 0 spiro atoms. The van der Waals surface area contributed by atoms with Crippen LogP contribution < -0.4 is 0 Å². The van der Waals surface area contributed by atoms with E-state index >= 15 is 0 Å². The average molecular weight is 485 g/mol. The maximum absolute atomic E-state index is 13.2. The van der Waals surface area contributed by atoms with E-state index in [0.717, 1.165) is 16.7 Å². The van der Waals surface area contributed by atoms with Crippen molar-refractivity contribution >= 4 is 23.3 Å². The van der Waals surface area contributed by atoms with Crippen molar-refractivity contribution in [2.24, 2.45) is 0 Å². The Morgan fingerprint density at radius 1 is 0.886 bits per heavy atom. The molecule has 174 valence electrons. The fourth-order valence-electron chi connectivity index (χ4n) is 4.68. The molecule has 1 saturated heterocycles. The smallest absolute Gasteiger partial charge is 0.253 e. The number of nitrogens with zero attached hydrogens (tertiary/aromatic N) is 4. The lowest BCUT2D eigenvalue weighted by Gasteiger charge is -2.34. The van der Waals surface area contributed by atoms with Crippen LogP contribution in [0.4, 0.5) is 0 Å². The average Bonchev–Trinajstić information content (AvgIpc) is 3.47. The van der Waals surface area contributed by atoms with E-state index in [1.807, 2.05) is 53.4 Å². The van der Waals surface area contributed by atoms with E-state index in [1.54, 1.807) is 18.2 Å². The molecule has 0 unspecified atom stereocenters. The number of aromatic nitrogens is 2. The minimum atomic E-state index is -0.0565. The summed E-state index contributed by atoms with van der Waals surface area (Å²) in [6, 6.07) is 20.3. The zero-order chi connectivity index (χ0) is 23.9. The summed E-state index contributed by atoms with van der Waals surface area (Å²) in [7, 11) is 0. The maximum atomic E-state index is 13.2. The van der Waals surface area contributed by atoms with Crippen LogP contribution in [0.15, 0.2) is 71.3 Å². The molecule has 0 atom stereocenters. The molecule has 0 saturated carbocycles. The predicted octanol–water partition coefficient (Wildman–Crippen LogP) is 4.56. The molecule has 4 aromatic rings. The molecule has 2 aliphatic rings. The van der Waals surface area contributed by atoms with Crippen molar-refractivity contribution in [1.82, 2.24) is 19.9 Å². The van der Waals surface area contributed by atoms with Crippen LogP contribution in [-0.2, 0) is 6.54 Å². The molecule has 1 aromatic heterocycles. The van der Waals surface area contributed by atoms with E-state index in [2.05, 4.69) is 15.0 Å². The number of hydrogen-bond donors (Lipinski definition) is 0. The van der Waals surface area contributed by atoms with Crippen LogP contribution in [0, 0.1) is 0 Å². The lowest BCUT2D eigenvalue weighted by molar-refractivity contribution is 0.0615. The quantitative estimate of drug-likeness (QED) is 0.372. The summed E-state index contributed by atoms with van der Waals surface area (Å²) in [6.45, 7) is 3.08. The van der Waals surface area contributed by atoms with Gasteiger partial charge in [-0.1, -0.05) is 47.1 Å². The Hall–Kier alpha value is -3.81. The van der Waals surface area contributed by atoms with Crippen LogP contribution in [0.5, 0.6) is 0 Å². The molecule has 2 heterocycles. The Morgan fingerprint density at radius 3 is 2.37 bits per heavy atom. The molecule has 6 rings (SSSR count). The van der Waals surface area contributed by atoms with Gasteiger partial charge in [0, 0.05) is 53.5 Å². The topological polar surface area (TPSA) is 79.5 Å². The van der Waals surface area contributed by atoms with Crippen molar-refractivity contribution in [1.29, 1.82) is 0 Å². The van der Waals surface area contributed by atoms with Gasteiger partial charge in [0.15, 0.2) is 5.78 Å². The SMILES string of the molecule is O=C1c2ccccc2-c2ccc(C(=O)N3CCN(Cc4nc(-c5ccc(Cl)cc5)no4)CC3)cc21. The standard InChI is InChI=1S/C27H21ClN4O3/c28-19-8-5-17(6-9-19)26-29-24(35-30-26)16-31-11-13-32(14-12-31)27(34)18-7-10-21-20-3-1-2-4-22(20)25(33)23(21)15-18/h1-10,15H,11-14,16H2. The number of piperazine rings is 1. The van der Waals surface area contributed by atoms with Gasteiger partial charge in [-0.2, -0.15) is 4.98 Å². The first-order valence-electron chi connectivity index (χ1n) is 11.4. The van der Waals surface area contributed by atoms with E-state index in [-0.39, 0.29) is 11.7 Å². The third-order valence-electron chi connectivity index (χ3n) is 6.56. The summed E-state index contributed by atoms with van der Waals surface area (Å²) >= 11 is 5.94. The highest BCUT2D eigenvalue weighted by atomic mass is 35.5. The third kappa shape index (κ3) is 4.03. The van der Waals surface area contributed by atoms with Crippen molar-refractivity contribution in [3.05, 3.63) is 94.3 Å². The molecule has 3 aromatic carbocycles. The van der Waals surface area contributed by atoms with Gasteiger partial charge < -0.3 is 9.42 Å². The summed E-state index contributed by atoms with van der Waals surface area (Å²) in [5.74, 6) is 0.983. The normalized spacial score (nSPS) is 15.2. The molecule has 0 N–H and O–H groups in total. The van der Waals surface area contributed by atoms with Gasteiger partial charge in [-0.15, -0.1) is 0 Å². The summed E-state index contributed by atoms with van der Waals surface area (Å²) < 4.78 is 5.43. The second kappa shape index (κ2) is 8.76. The second-order valence-electron chi connectivity index (χ2n) is 8.72. The molecular formula is C27H21ClN4O3. The number of rotatable bonds is 4. The van der Waals surface area contributed by atoms with Gasteiger partial charge in [-0.25, -0.2) is 0 Å². The van der Waals surface area contributed by atoms with Crippen LogP contribution in [0.2, 0.25) is 5.02 Å². The van der Waals surface area contributed by atoms with E-state index in [9.17, 15) is 9.59 Å². The summed E-state index contributed by atoms with van der Waals surface area (Å²) in [5, 5.41) is 4.72. The first-order chi connectivity index (χ1) is 17.1. The summed E-state index contributed by atoms with van der Waals surface area (Å²) in [6.07, 6.45) is 0. The molecule has 8 heteroatoms. The highest BCUT2D eigenvalue weighted by Crippen LogP contribution is 2.36. The van der Waals surface area contributed by atoms with Gasteiger partial charge >= 0.3 is 0 Å². The molecule has 1 aliphatic carbocycles. The Labute approximate surface area is 206 Å². The van der Waals surface area contributed by atoms with E-state index in [4.69, 9.17) is 16.1 Å². The Balaban J connectivity index is 1.09. The number of halogens is 1. The molecule has 0 radical (unpaired) electrons. The summed E-state index contributed by atoms with van der Waals surface area (Å²) in [4.78, 5) is 34.5. The Bertz CT molecular complexity index is 1440. The van der Waals surface area contributed by atoms with Gasteiger partial charge in [0.2, 0.25) is 11.7 Å². The van der Waals surface area contributed by atoms with Gasteiger partial charge in [0.1, 0.15) is 0 Å². The number of ketones is 1. The lowest BCUT2D eigenvalue weighted by atomic mass is 10.0. The van der Waals surface area contributed by atoms with E-state index in [1.165, 1.54) is 0 Å². The minimum absolute atomic E-state index is 0.0207. The molecule has 1 aliphatic heterocycles. The van der Waals surface area contributed by atoms with Crippen LogP contribution >= 0.6 is 11.6 Å². The van der Waals surface area contributed by atoms with E-state index < -0.39 is 0 Å². The number of benzene rings is 3. The highest BCUT2D eigenvalue weighted by molar-refractivity contribution is 6.30. The van der Waals surface area contributed by atoms with Crippen LogP contribution in [0.25, 0.3) is 22.5 Å². The summed E-state index contributed by atoms with van der Waals surface area (Å²) in [5.41, 5.74) is 4.51. The number of fused-ring (bicyclic) bond motifs is 3. The van der Waals surface area contributed by atoms with Gasteiger partial charge in [-0.05, 0) is 47.5 Å². The van der Waals surface area contributed by atoms with Crippen molar-refractivity contribution in [3.63, 3.8) is 0 Å². The third-order valence-corrected chi connectivity index (χ3v) is 6.81. The Morgan fingerprint density at radius 2 is 1.60 bits per heavy atom.